The Morgan fingerprint density at radius 1 is 0.833 bits per heavy atom. The van der Waals surface area contributed by atoms with Crippen molar-refractivity contribution in [2.24, 2.45) is 17.8 Å². The lowest BCUT2D eigenvalue weighted by atomic mass is 9.82. The van der Waals surface area contributed by atoms with E-state index in [-0.39, 0.29) is 0 Å². The van der Waals surface area contributed by atoms with E-state index in [0.29, 0.717) is 0 Å². The van der Waals surface area contributed by atoms with Crippen LogP contribution < -0.4 is 0 Å². The molecule has 1 rings (SSSR count). The van der Waals surface area contributed by atoms with Gasteiger partial charge >= 0.3 is 0 Å². The molecule has 0 N–H and O–H groups in total. The number of aryl methyl sites for hydroxylation is 1. The summed E-state index contributed by atoms with van der Waals surface area (Å²) in [5, 5.41) is 0. The highest BCUT2D eigenvalue weighted by Gasteiger charge is 2.15. The smallest absolute Gasteiger partial charge is 0.0307 e. The van der Waals surface area contributed by atoms with Crippen molar-refractivity contribution >= 4 is 0 Å². The molecule has 0 atom stereocenters. The van der Waals surface area contributed by atoms with Gasteiger partial charge in [-0.2, -0.15) is 0 Å². The Labute approximate surface area is 115 Å². The first-order valence-electron chi connectivity index (χ1n) is 7.56. The minimum absolute atomic E-state index is 0.861. The third kappa shape index (κ3) is 7.53. The lowest BCUT2D eigenvalue weighted by Gasteiger charge is -2.23. The van der Waals surface area contributed by atoms with Gasteiger partial charge in [-0.3, -0.25) is 0 Å². The van der Waals surface area contributed by atoms with Gasteiger partial charge in [0.25, 0.3) is 0 Å². The molecule has 0 heteroatoms. The van der Waals surface area contributed by atoms with Crippen LogP contribution in [0.2, 0.25) is 0 Å². The van der Waals surface area contributed by atoms with Crippen LogP contribution >= 0.6 is 0 Å². The van der Waals surface area contributed by atoms with Crippen LogP contribution in [0.1, 0.15) is 59.9 Å². The number of hydrogen-bond acceptors (Lipinski definition) is 0. The van der Waals surface area contributed by atoms with Gasteiger partial charge in [0.1, 0.15) is 0 Å². The van der Waals surface area contributed by atoms with Gasteiger partial charge < -0.3 is 0 Å². The van der Waals surface area contributed by atoms with Crippen molar-refractivity contribution in [3.8, 4) is 0 Å². The topological polar surface area (TPSA) is 0 Å². The number of hydrogen-bond donors (Lipinski definition) is 0. The minimum Gasteiger partial charge on any atom is -0.0654 e. The second-order valence-corrected chi connectivity index (χ2v) is 5.78. The summed E-state index contributed by atoms with van der Waals surface area (Å²) >= 11 is 0. The van der Waals surface area contributed by atoms with Crippen LogP contribution in [0.15, 0.2) is 30.3 Å². The SMILES string of the molecule is CCCC(C(C)C)C(C)C.CCc1ccccc1. The molecule has 0 bridgehead atoms. The molecule has 0 aliphatic carbocycles. The first-order valence-corrected chi connectivity index (χ1v) is 7.56. The fourth-order valence-electron chi connectivity index (χ4n) is 2.48. The quantitative estimate of drug-likeness (QED) is 0.602. The zero-order valence-corrected chi connectivity index (χ0v) is 13.2. The van der Waals surface area contributed by atoms with Gasteiger partial charge in [-0.1, -0.05) is 84.7 Å². The Bertz CT molecular complexity index is 263. The predicted octanol–water partition coefficient (Wildman–Crippen LogP) is 5.96. The molecule has 0 spiro atoms. The first kappa shape index (κ1) is 17.2. The standard InChI is InChI=1S/C10H22.C8H10/c1-6-7-10(8(2)3)9(4)5;1-2-8-6-4-3-5-7-8/h8-10H,6-7H2,1-5H3;3-7H,2H2,1H3. The summed E-state index contributed by atoms with van der Waals surface area (Å²) < 4.78 is 0. The first-order chi connectivity index (χ1) is 8.52. The van der Waals surface area contributed by atoms with E-state index in [1.54, 1.807) is 0 Å². The molecule has 0 nitrogen and oxygen atoms in total. The molecule has 0 amide bonds. The van der Waals surface area contributed by atoms with Gasteiger partial charge in [-0.25, -0.2) is 0 Å². The molecule has 0 saturated heterocycles. The van der Waals surface area contributed by atoms with Crippen molar-refractivity contribution in [1.29, 1.82) is 0 Å². The molecular weight excluding hydrogens is 216 g/mol. The molecule has 104 valence electrons. The summed E-state index contributed by atoms with van der Waals surface area (Å²) in [5.41, 5.74) is 1.41. The molecule has 0 aliphatic heterocycles. The van der Waals surface area contributed by atoms with Crippen molar-refractivity contribution in [3.05, 3.63) is 35.9 Å². The Kier molecular flexibility index (Phi) is 9.73. The Balaban J connectivity index is 0.000000327. The Morgan fingerprint density at radius 2 is 1.33 bits per heavy atom. The zero-order chi connectivity index (χ0) is 14.0. The lowest BCUT2D eigenvalue weighted by molar-refractivity contribution is 0.267. The lowest BCUT2D eigenvalue weighted by Crippen LogP contribution is -2.14. The van der Waals surface area contributed by atoms with Gasteiger partial charge in [0, 0.05) is 0 Å². The molecule has 0 fully saturated rings. The van der Waals surface area contributed by atoms with Crippen LogP contribution in [-0.2, 0) is 6.42 Å². The molecule has 0 aromatic heterocycles. The van der Waals surface area contributed by atoms with E-state index in [4.69, 9.17) is 0 Å². The summed E-state index contributed by atoms with van der Waals surface area (Å²) in [7, 11) is 0. The maximum atomic E-state index is 2.33. The fourth-order valence-corrected chi connectivity index (χ4v) is 2.48. The van der Waals surface area contributed by atoms with Crippen molar-refractivity contribution in [3.63, 3.8) is 0 Å². The molecule has 0 saturated carbocycles. The van der Waals surface area contributed by atoms with Crippen molar-refractivity contribution in [2.75, 3.05) is 0 Å². The normalized spacial score (nSPS) is 10.7. The third-order valence-corrected chi connectivity index (χ3v) is 3.59. The van der Waals surface area contributed by atoms with E-state index in [2.05, 4.69) is 65.8 Å². The van der Waals surface area contributed by atoms with Gasteiger partial charge in [-0.15, -0.1) is 0 Å². The molecule has 0 unspecified atom stereocenters. The van der Waals surface area contributed by atoms with E-state index >= 15 is 0 Å². The molecule has 1 aromatic carbocycles. The molecule has 0 heterocycles. The summed E-state index contributed by atoms with van der Waals surface area (Å²) in [6.45, 7) is 13.8. The van der Waals surface area contributed by atoms with Gasteiger partial charge in [0.05, 0.1) is 0 Å². The predicted molar refractivity (Wildman–Crippen MR) is 83.9 cm³/mol. The zero-order valence-electron chi connectivity index (χ0n) is 13.2. The third-order valence-electron chi connectivity index (χ3n) is 3.59. The maximum Gasteiger partial charge on any atom is -0.0307 e. The largest absolute Gasteiger partial charge is 0.0654 e. The van der Waals surface area contributed by atoms with Crippen LogP contribution in [0.5, 0.6) is 0 Å². The molecule has 0 radical (unpaired) electrons. The minimum atomic E-state index is 0.861. The average molecular weight is 248 g/mol. The highest BCUT2D eigenvalue weighted by atomic mass is 14.2. The van der Waals surface area contributed by atoms with E-state index in [9.17, 15) is 0 Å². The summed E-state index contributed by atoms with van der Waals surface area (Å²) in [4.78, 5) is 0. The summed E-state index contributed by atoms with van der Waals surface area (Å²) in [6.07, 6.45) is 3.87. The van der Waals surface area contributed by atoms with Crippen LogP contribution in [0.25, 0.3) is 0 Å². The van der Waals surface area contributed by atoms with Crippen molar-refractivity contribution in [2.45, 2.75) is 60.8 Å². The summed E-state index contributed by atoms with van der Waals surface area (Å²) in [6, 6.07) is 10.5. The Hall–Kier alpha value is -0.780. The van der Waals surface area contributed by atoms with Gasteiger partial charge in [0.15, 0.2) is 0 Å². The van der Waals surface area contributed by atoms with Crippen molar-refractivity contribution < 1.29 is 0 Å². The monoisotopic (exact) mass is 248 g/mol. The molecular formula is C18H32. The Morgan fingerprint density at radius 3 is 1.56 bits per heavy atom. The van der Waals surface area contributed by atoms with E-state index in [1.165, 1.54) is 18.4 Å². The van der Waals surface area contributed by atoms with Gasteiger partial charge in [0.2, 0.25) is 0 Å². The second-order valence-electron chi connectivity index (χ2n) is 5.78. The molecule has 1 aromatic rings. The fraction of sp³-hybridized carbons (Fsp3) is 0.667. The number of rotatable bonds is 5. The van der Waals surface area contributed by atoms with Crippen molar-refractivity contribution in [1.82, 2.24) is 0 Å². The average Bonchev–Trinajstić information content (AvgIpc) is 2.37. The van der Waals surface area contributed by atoms with Crippen LogP contribution in [0, 0.1) is 17.8 Å². The van der Waals surface area contributed by atoms with Crippen LogP contribution in [0.3, 0.4) is 0 Å². The number of benzene rings is 1. The highest BCUT2D eigenvalue weighted by Crippen LogP contribution is 2.24. The summed E-state index contributed by atoms with van der Waals surface area (Å²) in [5.74, 6) is 2.66. The van der Waals surface area contributed by atoms with Crippen LogP contribution in [0.4, 0.5) is 0 Å². The second kappa shape index (κ2) is 10.2. The van der Waals surface area contributed by atoms with Crippen LogP contribution in [-0.4, -0.2) is 0 Å². The van der Waals surface area contributed by atoms with E-state index in [1.807, 2.05) is 6.07 Å². The highest BCUT2D eigenvalue weighted by molar-refractivity contribution is 5.13. The van der Waals surface area contributed by atoms with E-state index < -0.39 is 0 Å². The maximum absolute atomic E-state index is 2.33. The van der Waals surface area contributed by atoms with Gasteiger partial charge in [-0.05, 0) is 29.7 Å². The van der Waals surface area contributed by atoms with E-state index in [0.717, 1.165) is 24.2 Å². The molecule has 0 aliphatic rings. The molecule has 18 heavy (non-hydrogen) atoms.